The molecule has 0 unspecified atom stereocenters. The number of allylic oxidation sites excluding steroid dienone is 2. The van der Waals surface area contributed by atoms with Crippen LogP contribution in [0.25, 0.3) is 0 Å². The normalized spacial score (nSPS) is 12.4. The first-order valence-electron chi connectivity index (χ1n) is 2.46. The van der Waals surface area contributed by atoms with Crippen LogP contribution in [-0.2, 0) is 10.8 Å². The second-order valence-electron chi connectivity index (χ2n) is 1.27. The van der Waals surface area contributed by atoms with Gasteiger partial charge in [-0.05, 0) is 13.8 Å². The van der Waals surface area contributed by atoms with Crippen LogP contribution in [0.1, 0.15) is 13.8 Å². The molecular formula is C6H10OS. The minimum atomic E-state index is -0.881. The molecule has 0 rings (SSSR count). The van der Waals surface area contributed by atoms with Gasteiger partial charge in [0.25, 0.3) is 0 Å². The van der Waals surface area contributed by atoms with Gasteiger partial charge >= 0.3 is 0 Å². The van der Waals surface area contributed by atoms with Gasteiger partial charge in [-0.2, -0.15) is 0 Å². The first kappa shape index (κ1) is 7.63. The molecule has 0 amide bonds. The SMILES string of the molecule is C/C=C\S(=O)/C=C\C. The lowest BCUT2D eigenvalue weighted by Gasteiger charge is -1.77. The van der Waals surface area contributed by atoms with E-state index in [9.17, 15) is 4.21 Å². The number of hydrogen-bond donors (Lipinski definition) is 0. The van der Waals surface area contributed by atoms with Crippen molar-refractivity contribution < 1.29 is 4.21 Å². The van der Waals surface area contributed by atoms with Gasteiger partial charge in [-0.25, -0.2) is 0 Å². The topological polar surface area (TPSA) is 17.1 Å². The zero-order valence-electron chi connectivity index (χ0n) is 5.13. The van der Waals surface area contributed by atoms with E-state index in [1.54, 1.807) is 23.0 Å². The fourth-order valence-corrected chi connectivity index (χ4v) is 0.941. The van der Waals surface area contributed by atoms with Crippen molar-refractivity contribution in [3.63, 3.8) is 0 Å². The highest BCUT2D eigenvalue weighted by Crippen LogP contribution is 1.85. The molecule has 0 aromatic heterocycles. The molecule has 0 bridgehead atoms. The summed E-state index contributed by atoms with van der Waals surface area (Å²) >= 11 is 0. The second-order valence-corrected chi connectivity index (χ2v) is 2.47. The molecule has 0 radical (unpaired) electrons. The van der Waals surface area contributed by atoms with Gasteiger partial charge in [0.1, 0.15) is 0 Å². The van der Waals surface area contributed by atoms with Crippen molar-refractivity contribution >= 4 is 10.8 Å². The van der Waals surface area contributed by atoms with Gasteiger partial charge in [0.05, 0.1) is 10.8 Å². The Morgan fingerprint density at radius 2 is 1.50 bits per heavy atom. The van der Waals surface area contributed by atoms with E-state index in [1.807, 2.05) is 13.8 Å². The van der Waals surface area contributed by atoms with Crippen LogP contribution in [0, 0.1) is 0 Å². The molecule has 0 saturated carbocycles. The molecule has 0 aromatic carbocycles. The Morgan fingerprint density at radius 3 is 1.75 bits per heavy atom. The monoisotopic (exact) mass is 130 g/mol. The lowest BCUT2D eigenvalue weighted by atomic mass is 10.8. The highest BCUT2D eigenvalue weighted by atomic mass is 32.2. The Labute approximate surface area is 52.6 Å². The zero-order chi connectivity index (χ0) is 6.41. The molecule has 0 aliphatic rings. The summed E-state index contributed by atoms with van der Waals surface area (Å²) in [5, 5.41) is 3.28. The van der Waals surface area contributed by atoms with Crippen LogP contribution in [0.5, 0.6) is 0 Å². The minimum Gasteiger partial charge on any atom is -0.250 e. The number of hydrogen-bond acceptors (Lipinski definition) is 1. The molecule has 0 fully saturated rings. The van der Waals surface area contributed by atoms with Crippen molar-refractivity contribution in [2.24, 2.45) is 0 Å². The molecule has 0 spiro atoms. The molecule has 1 nitrogen and oxygen atoms in total. The standard InChI is InChI=1S/C6H10OS/c1-3-5-8(7)6-4-2/h3-6H,1-2H3/b5-3-,6-4-. The van der Waals surface area contributed by atoms with Gasteiger partial charge in [-0.15, -0.1) is 0 Å². The molecule has 0 aliphatic heterocycles. The third-order valence-corrected chi connectivity index (χ3v) is 1.62. The van der Waals surface area contributed by atoms with Crippen molar-refractivity contribution in [2.45, 2.75) is 13.8 Å². The summed E-state index contributed by atoms with van der Waals surface area (Å²) in [6, 6.07) is 0. The van der Waals surface area contributed by atoms with Crippen LogP contribution in [0.2, 0.25) is 0 Å². The first-order chi connectivity index (χ1) is 3.81. The highest BCUT2D eigenvalue weighted by molar-refractivity contribution is 7.90. The minimum absolute atomic E-state index is 0.881. The molecule has 2 heteroatoms. The van der Waals surface area contributed by atoms with Gasteiger partial charge in [0.15, 0.2) is 0 Å². The van der Waals surface area contributed by atoms with Crippen LogP contribution in [-0.4, -0.2) is 4.21 Å². The summed E-state index contributed by atoms with van der Waals surface area (Å²) in [5.74, 6) is 0. The summed E-state index contributed by atoms with van der Waals surface area (Å²) in [7, 11) is -0.881. The Morgan fingerprint density at radius 1 is 1.12 bits per heavy atom. The van der Waals surface area contributed by atoms with Crippen molar-refractivity contribution in [2.75, 3.05) is 0 Å². The van der Waals surface area contributed by atoms with E-state index in [0.717, 1.165) is 0 Å². The molecular weight excluding hydrogens is 120 g/mol. The summed E-state index contributed by atoms with van der Waals surface area (Å²) in [6.07, 6.45) is 3.55. The Kier molecular flexibility index (Phi) is 4.56. The highest BCUT2D eigenvalue weighted by Gasteiger charge is 1.77. The van der Waals surface area contributed by atoms with E-state index in [1.165, 1.54) is 0 Å². The van der Waals surface area contributed by atoms with E-state index < -0.39 is 10.8 Å². The van der Waals surface area contributed by atoms with E-state index in [0.29, 0.717) is 0 Å². The molecule has 8 heavy (non-hydrogen) atoms. The summed E-state index contributed by atoms with van der Waals surface area (Å²) in [5.41, 5.74) is 0. The first-order valence-corrected chi connectivity index (χ1v) is 3.74. The summed E-state index contributed by atoms with van der Waals surface area (Å²) < 4.78 is 10.6. The van der Waals surface area contributed by atoms with Gasteiger partial charge in [-0.3, -0.25) is 4.21 Å². The van der Waals surface area contributed by atoms with E-state index in [4.69, 9.17) is 0 Å². The largest absolute Gasteiger partial charge is 0.250 e. The predicted octanol–water partition coefficient (Wildman–Crippen LogP) is 1.80. The molecule has 0 aliphatic carbocycles. The van der Waals surface area contributed by atoms with Crippen LogP contribution in [0.4, 0.5) is 0 Å². The van der Waals surface area contributed by atoms with Crippen LogP contribution >= 0.6 is 0 Å². The maximum absolute atomic E-state index is 10.6. The molecule has 0 atom stereocenters. The second kappa shape index (κ2) is 4.78. The fraction of sp³-hybridized carbons (Fsp3) is 0.333. The average molecular weight is 130 g/mol. The van der Waals surface area contributed by atoms with Crippen molar-refractivity contribution in [3.05, 3.63) is 23.0 Å². The van der Waals surface area contributed by atoms with Crippen molar-refractivity contribution in [1.82, 2.24) is 0 Å². The van der Waals surface area contributed by atoms with E-state index in [2.05, 4.69) is 0 Å². The lowest BCUT2D eigenvalue weighted by Crippen LogP contribution is -1.71. The predicted molar refractivity (Wildman–Crippen MR) is 37.8 cm³/mol. The van der Waals surface area contributed by atoms with Crippen LogP contribution < -0.4 is 0 Å². The third kappa shape index (κ3) is 3.81. The summed E-state index contributed by atoms with van der Waals surface area (Å²) in [4.78, 5) is 0. The Bertz CT molecular complexity index is 110. The van der Waals surface area contributed by atoms with E-state index >= 15 is 0 Å². The van der Waals surface area contributed by atoms with Crippen LogP contribution in [0.15, 0.2) is 23.0 Å². The maximum atomic E-state index is 10.6. The average Bonchev–Trinajstić information content (AvgIpc) is 1.68. The summed E-state index contributed by atoms with van der Waals surface area (Å²) in [6.45, 7) is 3.70. The fourth-order valence-electron chi connectivity index (χ4n) is 0.314. The van der Waals surface area contributed by atoms with Gasteiger partial charge in [0, 0.05) is 10.8 Å². The molecule has 0 N–H and O–H groups in total. The van der Waals surface area contributed by atoms with Crippen LogP contribution in [0.3, 0.4) is 0 Å². The van der Waals surface area contributed by atoms with Crippen molar-refractivity contribution in [1.29, 1.82) is 0 Å². The van der Waals surface area contributed by atoms with Gasteiger partial charge in [0.2, 0.25) is 0 Å². The smallest absolute Gasteiger partial charge is 0.0695 e. The molecule has 46 valence electrons. The maximum Gasteiger partial charge on any atom is 0.0695 e. The third-order valence-electron chi connectivity index (χ3n) is 0.540. The van der Waals surface area contributed by atoms with E-state index in [-0.39, 0.29) is 0 Å². The Hall–Kier alpha value is -0.370. The van der Waals surface area contributed by atoms with Crippen molar-refractivity contribution in [3.8, 4) is 0 Å². The number of rotatable bonds is 2. The van der Waals surface area contributed by atoms with Gasteiger partial charge in [-0.1, -0.05) is 12.2 Å². The quantitative estimate of drug-likeness (QED) is 0.557. The zero-order valence-corrected chi connectivity index (χ0v) is 5.94. The Balaban J connectivity index is 3.66. The lowest BCUT2D eigenvalue weighted by molar-refractivity contribution is 0.693. The molecule has 0 aromatic rings. The molecule has 0 saturated heterocycles. The molecule has 0 heterocycles. The van der Waals surface area contributed by atoms with Gasteiger partial charge < -0.3 is 0 Å².